The first kappa shape index (κ1) is 16.1. The molecule has 1 aromatic heterocycles. The summed E-state index contributed by atoms with van der Waals surface area (Å²) in [6.45, 7) is 5.95. The van der Waals surface area contributed by atoms with Gasteiger partial charge in [0.25, 0.3) is 5.91 Å². The highest BCUT2D eigenvalue weighted by molar-refractivity contribution is 6.10. The minimum Gasteiger partial charge on any atom is -0.375 e. The zero-order valence-corrected chi connectivity index (χ0v) is 13.4. The lowest BCUT2D eigenvalue weighted by Gasteiger charge is -2.22. The van der Waals surface area contributed by atoms with Crippen molar-refractivity contribution in [3.05, 3.63) is 72.1 Å². The molecule has 1 aliphatic rings. The predicted molar refractivity (Wildman–Crippen MR) is 90.7 cm³/mol. The fourth-order valence-corrected chi connectivity index (χ4v) is 2.98. The van der Waals surface area contributed by atoms with Crippen LogP contribution in [0.1, 0.15) is 29.3 Å². The van der Waals surface area contributed by atoms with Crippen LogP contribution in [0.2, 0.25) is 0 Å². The summed E-state index contributed by atoms with van der Waals surface area (Å²) in [5.74, 6) is -0.797. The number of fused-ring (bicyclic) bond motifs is 1. The minimum absolute atomic E-state index is 0.305. The summed E-state index contributed by atoms with van der Waals surface area (Å²) in [5.41, 5.74) is 0.436. The molecule has 1 N–H and O–H groups in total. The quantitative estimate of drug-likeness (QED) is 0.678. The largest absolute Gasteiger partial charge is 0.375 e. The number of carbonyl (C=O) groups is 2. The SMILES string of the molecule is C=C(C)CN1C(=O)[C@@](O)(CC(=O)c2ccncc2)c2ccccc21. The van der Waals surface area contributed by atoms with Gasteiger partial charge in [-0.25, -0.2) is 0 Å². The fraction of sp³-hybridized carbons (Fsp3) is 0.211. The number of Topliss-reactive ketones (excluding diaryl/α,β-unsaturated/α-hetero) is 1. The highest BCUT2D eigenvalue weighted by Crippen LogP contribution is 2.42. The van der Waals surface area contributed by atoms with E-state index in [2.05, 4.69) is 11.6 Å². The standard InChI is InChI=1S/C19H18N2O3/c1-13(2)12-21-16-6-4-3-5-15(16)19(24,18(21)23)11-17(22)14-7-9-20-10-8-14/h3-10,24H,1,11-12H2,2H3/t19-/m1/s1. The second-order valence-corrected chi connectivity index (χ2v) is 6.06. The second-order valence-electron chi connectivity index (χ2n) is 6.06. The van der Waals surface area contributed by atoms with Crippen LogP contribution in [-0.4, -0.2) is 28.3 Å². The van der Waals surface area contributed by atoms with Gasteiger partial charge in [0.2, 0.25) is 0 Å². The smallest absolute Gasteiger partial charge is 0.264 e. The predicted octanol–water partition coefficient (Wildman–Crippen LogP) is 2.46. The Morgan fingerprint density at radius 2 is 1.92 bits per heavy atom. The van der Waals surface area contributed by atoms with Crippen molar-refractivity contribution in [2.45, 2.75) is 18.9 Å². The fourth-order valence-electron chi connectivity index (χ4n) is 2.98. The molecule has 0 aliphatic carbocycles. The molecule has 2 heterocycles. The molecule has 0 saturated heterocycles. The van der Waals surface area contributed by atoms with Gasteiger partial charge in [-0.2, -0.15) is 0 Å². The second kappa shape index (κ2) is 6.02. The number of amides is 1. The van der Waals surface area contributed by atoms with Crippen molar-refractivity contribution < 1.29 is 14.7 Å². The Labute approximate surface area is 140 Å². The maximum Gasteiger partial charge on any atom is 0.264 e. The molecule has 1 amide bonds. The van der Waals surface area contributed by atoms with Gasteiger partial charge >= 0.3 is 0 Å². The lowest BCUT2D eigenvalue weighted by Crippen LogP contribution is -2.42. The van der Waals surface area contributed by atoms with E-state index in [-0.39, 0.29) is 12.2 Å². The molecule has 5 heteroatoms. The van der Waals surface area contributed by atoms with Gasteiger partial charge in [-0.3, -0.25) is 14.6 Å². The van der Waals surface area contributed by atoms with E-state index in [9.17, 15) is 14.7 Å². The van der Waals surface area contributed by atoms with Crippen molar-refractivity contribution in [1.82, 2.24) is 4.98 Å². The number of para-hydroxylation sites is 1. The van der Waals surface area contributed by atoms with Crippen LogP contribution >= 0.6 is 0 Å². The molecule has 1 atom stereocenters. The zero-order chi connectivity index (χ0) is 17.3. The summed E-state index contributed by atoms with van der Waals surface area (Å²) in [4.78, 5) is 30.7. The number of hydrogen-bond donors (Lipinski definition) is 1. The van der Waals surface area contributed by atoms with E-state index in [1.165, 1.54) is 17.3 Å². The average molecular weight is 322 g/mol. The first-order valence-corrected chi connectivity index (χ1v) is 7.65. The van der Waals surface area contributed by atoms with E-state index in [0.29, 0.717) is 23.4 Å². The van der Waals surface area contributed by atoms with Gasteiger partial charge in [-0.05, 0) is 25.1 Å². The monoisotopic (exact) mass is 322 g/mol. The van der Waals surface area contributed by atoms with Crippen LogP contribution in [0.4, 0.5) is 5.69 Å². The number of ketones is 1. The molecule has 122 valence electrons. The molecule has 0 saturated carbocycles. The van der Waals surface area contributed by atoms with Crippen LogP contribution in [0.3, 0.4) is 0 Å². The molecule has 0 bridgehead atoms. The number of hydrogen-bond acceptors (Lipinski definition) is 4. The van der Waals surface area contributed by atoms with Crippen molar-refractivity contribution in [2.24, 2.45) is 0 Å². The minimum atomic E-state index is -1.85. The number of aliphatic hydroxyl groups is 1. The van der Waals surface area contributed by atoms with E-state index in [0.717, 1.165) is 5.57 Å². The van der Waals surface area contributed by atoms with Crippen LogP contribution in [0.5, 0.6) is 0 Å². The number of anilines is 1. The molecule has 1 aromatic carbocycles. The van der Waals surface area contributed by atoms with Crippen LogP contribution in [0.25, 0.3) is 0 Å². The topological polar surface area (TPSA) is 70.5 Å². The third-order valence-corrected chi connectivity index (χ3v) is 4.09. The van der Waals surface area contributed by atoms with Gasteiger partial charge in [0.05, 0.1) is 12.1 Å². The van der Waals surface area contributed by atoms with E-state index in [1.807, 2.05) is 6.92 Å². The molecule has 1 aliphatic heterocycles. The summed E-state index contributed by atoms with van der Waals surface area (Å²) in [6.07, 6.45) is 2.71. The Hall–Kier alpha value is -2.79. The Kier molecular flexibility index (Phi) is 4.03. The number of carbonyl (C=O) groups excluding carboxylic acids is 2. The molecule has 0 radical (unpaired) electrons. The highest BCUT2D eigenvalue weighted by atomic mass is 16.3. The molecule has 0 unspecified atom stereocenters. The third kappa shape index (κ3) is 2.63. The normalized spacial score (nSPS) is 19.2. The first-order chi connectivity index (χ1) is 11.4. The zero-order valence-electron chi connectivity index (χ0n) is 13.4. The van der Waals surface area contributed by atoms with E-state index < -0.39 is 11.5 Å². The number of benzene rings is 1. The van der Waals surface area contributed by atoms with Gasteiger partial charge in [0, 0.05) is 30.1 Å². The lowest BCUT2D eigenvalue weighted by atomic mass is 9.88. The van der Waals surface area contributed by atoms with Crippen molar-refractivity contribution in [2.75, 3.05) is 11.4 Å². The summed E-state index contributed by atoms with van der Waals surface area (Å²) >= 11 is 0. The number of aromatic nitrogens is 1. The van der Waals surface area contributed by atoms with Gasteiger partial charge in [-0.15, -0.1) is 0 Å². The molecule has 3 rings (SSSR count). The summed E-state index contributed by atoms with van der Waals surface area (Å²) in [7, 11) is 0. The number of nitrogens with zero attached hydrogens (tertiary/aromatic N) is 2. The van der Waals surface area contributed by atoms with Crippen LogP contribution in [0, 0.1) is 0 Å². The van der Waals surface area contributed by atoms with E-state index >= 15 is 0 Å². The van der Waals surface area contributed by atoms with Crippen molar-refractivity contribution >= 4 is 17.4 Å². The summed E-state index contributed by atoms with van der Waals surface area (Å²) in [5, 5.41) is 11.1. The summed E-state index contributed by atoms with van der Waals surface area (Å²) < 4.78 is 0. The van der Waals surface area contributed by atoms with Gasteiger partial charge in [0.15, 0.2) is 11.4 Å². The Bertz CT molecular complexity index is 816. The Balaban J connectivity index is 1.98. The average Bonchev–Trinajstić information content (AvgIpc) is 2.78. The van der Waals surface area contributed by atoms with Crippen molar-refractivity contribution in [1.29, 1.82) is 0 Å². The Morgan fingerprint density at radius 3 is 2.58 bits per heavy atom. The third-order valence-electron chi connectivity index (χ3n) is 4.09. The molecule has 5 nitrogen and oxygen atoms in total. The van der Waals surface area contributed by atoms with Crippen LogP contribution in [-0.2, 0) is 10.4 Å². The maximum absolute atomic E-state index is 12.9. The molecular weight excluding hydrogens is 304 g/mol. The van der Waals surface area contributed by atoms with Gasteiger partial charge in [-0.1, -0.05) is 30.4 Å². The van der Waals surface area contributed by atoms with E-state index in [4.69, 9.17) is 0 Å². The first-order valence-electron chi connectivity index (χ1n) is 7.65. The number of rotatable bonds is 5. The van der Waals surface area contributed by atoms with Gasteiger partial charge < -0.3 is 10.0 Å². The molecule has 0 fully saturated rings. The van der Waals surface area contributed by atoms with Crippen LogP contribution in [0.15, 0.2) is 60.9 Å². The molecule has 0 spiro atoms. The van der Waals surface area contributed by atoms with Crippen molar-refractivity contribution in [3.63, 3.8) is 0 Å². The number of pyridine rings is 1. The molecular formula is C19H18N2O3. The highest BCUT2D eigenvalue weighted by Gasteiger charge is 2.50. The maximum atomic E-state index is 12.9. The lowest BCUT2D eigenvalue weighted by molar-refractivity contribution is -0.135. The Morgan fingerprint density at radius 1 is 1.25 bits per heavy atom. The van der Waals surface area contributed by atoms with Crippen LogP contribution < -0.4 is 4.90 Å². The van der Waals surface area contributed by atoms with Crippen molar-refractivity contribution in [3.8, 4) is 0 Å². The summed E-state index contributed by atoms with van der Waals surface area (Å²) in [6, 6.07) is 10.1. The molecule has 2 aromatic rings. The molecule has 24 heavy (non-hydrogen) atoms. The van der Waals surface area contributed by atoms with E-state index in [1.54, 1.807) is 36.4 Å². The van der Waals surface area contributed by atoms with Gasteiger partial charge in [0.1, 0.15) is 0 Å².